The molecule has 0 rings (SSSR count). The van der Waals surface area contributed by atoms with E-state index >= 15 is 0 Å². The Morgan fingerprint density at radius 2 is 2.00 bits per heavy atom. The van der Waals surface area contributed by atoms with Gasteiger partial charge in [-0.2, -0.15) is 5.90 Å². The number of ketones is 1. The van der Waals surface area contributed by atoms with Gasteiger partial charge < -0.3 is 16.3 Å². The van der Waals surface area contributed by atoms with Crippen molar-refractivity contribution < 1.29 is 14.4 Å². The van der Waals surface area contributed by atoms with E-state index in [9.17, 15) is 9.59 Å². The van der Waals surface area contributed by atoms with E-state index in [1.807, 2.05) is 0 Å². The molecule has 0 fully saturated rings. The lowest BCUT2D eigenvalue weighted by atomic mass is 9.90. The van der Waals surface area contributed by atoms with Crippen LogP contribution < -0.4 is 17.4 Å². The molecule has 0 heterocycles. The molecular formula is C7H15N3O3. The Morgan fingerprint density at radius 3 is 2.31 bits per heavy atom. The van der Waals surface area contributed by atoms with Crippen LogP contribution in [0.2, 0.25) is 0 Å². The molecule has 0 spiro atoms. The van der Waals surface area contributed by atoms with Crippen LogP contribution in [-0.2, 0) is 14.4 Å². The molecule has 0 aromatic heterocycles. The van der Waals surface area contributed by atoms with Gasteiger partial charge >= 0.3 is 5.97 Å². The highest BCUT2D eigenvalue weighted by Crippen LogP contribution is 2.12. The number of carbonyl (C=O) groups is 2. The Balaban J connectivity index is 4.52. The minimum Gasteiger partial charge on any atom is -0.372 e. The van der Waals surface area contributed by atoms with E-state index in [2.05, 4.69) is 10.7 Å². The third-order valence-corrected chi connectivity index (χ3v) is 1.87. The highest BCUT2D eigenvalue weighted by Gasteiger charge is 2.40. The van der Waals surface area contributed by atoms with Gasteiger partial charge in [0.25, 0.3) is 0 Å². The fourth-order valence-electron chi connectivity index (χ4n) is 0.908. The van der Waals surface area contributed by atoms with Crippen molar-refractivity contribution in [1.29, 1.82) is 0 Å². The SMILES string of the molecule is CC(=O)C(N)(CCCN)C(=O)ON. The predicted molar refractivity (Wildman–Crippen MR) is 46.2 cm³/mol. The first-order chi connectivity index (χ1) is 5.99. The molecule has 0 aromatic carbocycles. The van der Waals surface area contributed by atoms with Crippen molar-refractivity contribution in [2.24, 2.45) is 17.4 Å². The van der Waals surface area contributed by atoms with Gasteiger partial charge in [0.2, 0.25) is 0 Å². The second-order valence-corrected chi connectivity index (χ2v) is 2.83. The lowest BCUT2D eigenvalue weighted by molar-refractivity contribution is -0.154. The monoisotopic (exact) mass is 189 g/mol. The highest BCUT2D eigenvalue weighted by molar-refractivity contribution is 6.07. The van der Waals surface area contributed by atoms with E-state index < -0.39 is 17.3 Å². The van der Waals surface area contributed by atoms with Crippen molar-refractivity contribution in [2.75, 3.05) is 6.54 Å². The van der Waals surface area contributed by atoms with Crippen LogP contribution in [0, 0.1) is 0 Å². The van der Waals surface area contributed by atoms with Gasteiger partial charge in [0.15, 0.2) is 11.3 Å². The normalized spacial score (nSPS) is 14.8. The molecule has 0 saturated heterocycles. The lowest BCUT2D eigenvalue weighted by Crippen LogP contribution is -2.55. The molecule has 76 valence electrons. The number of nitrogens with two attached hydrogens (primary N) is 3. The van der Waals surface area contributed by atoms with E-state index in [-0.39, 0.29) is 6.42 Å². The molecule has 6 heteroatoms. The number of hydrogen-bond acceptors (Lipinski definition) is 6. The smallest absolute Gasteiger partial charge is 0.352 e. The van der Waals surface area contributed by atoms with Crippen molar-refractivity contribution in [2.45, 2.75) is 25.3 Å². The molecule has 0 radical (unpaired) electrons. The Hall–Kier alpha value is -0.980. The van der Waals surface area contributed by atoms with E-state index in [1.165, 1.54) is 6.92 Å². The van der Waals surface area contributed by atoms with Crippen molar-refractivity contribution in [3.63, 3.8) is 0 Å². The van der Waals surface area contributed by atoms with Crippen LogP contribution in [0.1, 0.15) is 19.8 Å². The maximum atomic E-state index is 11.0. The second-order valence-electron chi connectivity index (χ2n) is 2.83. The Bertz CT molecular complexity index is 207. The van der Waals surface area contributed by atoms with Gasteiger partial charge in [-0.05, 0) is 26.3 Å². The number of Topliss-reactive ketones (excluding diaryl/α,β-unsaturated/α-hetero) is 1. The van der Waals surface area contributed by atoms with Gasteiger partial charge in [-0.15, -0.1) is 0 Å². The number of rotatable bonds is 5. The number of hydrogen-bond donors (Lipinski definition) is 3. The van der Waals surface area contributed by atoms with Crippen LogP contribution in [0.25, 0.3) is 0 Å². The Kier molecular flexibility index (Phi) is 4.53. The Labute approximate surface area is 76.3 Å². The van der Waals surface area contributed by atoms with E-state index in [0.717, 1.165) is 0 Å². The number of carbonyl (C=O) groups excluding carboxylic acids is 2. The van der Waals surface area contributed by atoms with Crippen LogP contribution in [0.15, 0.2) is 0 Å². The van der Waals surface area contributed by atoms with Crippen molar-refractivity contribution >= 4 is 11.8 Å². The first-order valence-corrected chi connectivity index (χ1v) is 3.90. The molecule has 6 nitrogen and oxygen atoms in total. The summed E-state index contributed by atoms with van der Waals surface area (Å²) < 4.78 is 0. The van der Waals surface area contributed by atoms with Crippen LogP contribution in [-0.4, -0.2) is 23.8 Å². The molecule has 0 saturated carbocycles. The molecule has 13 heavy (non-hydrogen) atoms. The molecule has 0 aliphatic carbocycles. The molecule has 1 unspecified atom stereocenters. The summed E-state index contributed by atoms with van der Waals surface area (Å²) in [6.45, 7) is 1.57. The zero-order chi connectivity index (χ0) is 10.5. The second kappa shape index (κ2) is 4.90. The molecule has 0 aliphatic rings. The van der Waals surface area contributed by atoms with Gasteiger partial charge in [-0.25, -0.2) is 4.79 Å². The van der Waals surface area contributed by atoms with Crippen LogP contribution in [0.4, 0.5) is 0 Å². The fraction of sp³-hybridized carbons (Fsp3) is 0.714. The van der Waals surface area contributed by atoms with E-state index in [1.54, 1.807) is 0 Å². The lowest BCUT2D eigenvalue weighted by Gasteiger charge is -2.22. The largest absolute Gasteiger partial charge is 0.372 e. The summed E-state index contributed by atoms with van der Waals surface area (Å²) in [5.41, 5.74) is 9.10. The molecule has 0 bridgehead atoms. The minimum atomic E-state index is -1.64. The van der Waals surface area contributed by atoms with Crippen molar-refractivity contribution in [3.8, 4) is 0 Å². The standard InChI is InChI=1S/C7H15N3O3/c1-5(11)7(9,3-2-4-8)6(12)13-10/h2-4,8-10H2,1H3. The third-order valence-electron chi connectivity index (χ3n) is 1.87. The maximum Gasteiger partial charge on any atom is 0.352 e. The zero-order valence-corrected chi connectivity index (χ0v) is 7.58. The van der Waals surface area contributed by atoms with Gasteiger partial charge in [0.1, 0.15) is 0 Å². The van der Waals surface area contributed by atoms with Gasteiger partial charge in [0, 0.05) is 0 Å². The molecule has 0 aliphatic heterocycles. The summed E-state index contributed by atoms with van der Waals surface area (Å²) >= 11 is 0. The van der Waals surface area contributed by atoms with Crippen molar-refractivity contribution in [3.05, 3.63) is 0 Å². The molecule has 1 atom stereocenters. The summed E-state index contributed by atoms with van der Waals surface area (Å²) in [7, 11) is 0. The molecule has 6 N–H and O–H groups in total. The minimum absolute atomic E-state index is 0.148. The molecule has 0 amide bonds. The topological polar surface area (TPSA) is 121 Å². The predicted octanol–water partition coefficient (Wildman–Crippen LogP) is -1.57. The molecular weight excluding hydrogens is 174 g/mol. The molecule has 0 aromatic rings. The van der Waals surface area contributed by atoms with E-state index in [0.29, 0.717) is 13.0 Å². The Morgan fingerprint density at radius 1 is 1.46 bits per heavy atom. The third kappa shape index (κ3) is 2.76. The summed E-state index contributed by atoms with van der Waals surface area (Å²) in [5.74, 6) is 3.26. The van der Waals surface area contributed by atoms with Crippen LogP contribution in [0.3, 0.4) is 0 Å². The van der Waals surface area contributed by atoms with Gasteiger partial charge in [-0.1, -0.05) is 0 Å². The summed E-state index contributed by atoms with van der Waals surface area (Å²) in [5, 5.41) is 0. The van der Waals surface area contributed by atoms with E-state index in [4.69, 9.17) is 11.5 Å². The quantitative estimate of drug-likeness (QED) is 0.355. The average molecular weight is 189 g/mol. The summed E-state index contributed by atoms with van der Waals surface area (Å²) in [6.07, 6.45) is 0.611. The van der Waals surface area contributed by atoms with Gasteiger partial charge in [0.05, 0.1) is 0 Å². The van der Waals surface area contributed by atoms with Crippen LogP contribution in [0.5, 0.6) is 0 Å². The van der Waals surface area contributed by atoms with Crippen molar-refractivity contribution in [1.82, 2.24) is 0 Å². The first-order valence-electron chi connectivity index (χ1n) is 3.90. The highest BCUT2D eigenvalue weighted by atomic mass is 16.7. The zero-order valence-electron chi connectivity index (χ0n) is 7.58. The average Bonchev–Trinajstić information content (AvgIpc) is 2.12. The summed E-state index contributed by atoms with van der Waals surface area (Å²) in [6, 6.07) is 0. The van der Waals surface area contributed by atoms with Gasteiger partial charge in [-0.3, -0.25) is 4.79 Å². The van der Waals surface area contributed by atoms with Crippen LogP contribution >= 0.6 is 0 Å². The fourth-order valence-corrected chi connectivity index (χ4v) is 0.908. The summed E-state index contributed by atoms with van der Waals surface area (Å²) in [4.78, 5) is 26.0. The maximum absolute atomic E-state index is 11.0. The first kappa shape index (κ1) is 12.0.